The van der Waals surface area contributed by atoms with Gasteiger partial charge in [-0.25, -0.2) is 9.78 Å². The van der Waals surface area contributed by atoms with Crippen LogP contribution in [0.3, 0.4) is 0 Å². The molecule has 7 heteroatoms. The maximum absolute atomic E-state index is 12.9. The summed E-state index contributed by atoms with van der Waals surface area (Å²) in [7, 11) is 0. The molecule has 2 aromatic rings. The Bertz CT molecular complexity index is 898. The van der Waals surface area contributed by atoms with E-state index in [1.165, 1.54) is 4.90 Å². The molecule has 1 amide bonds. The number of amides is 1. The molecule has 0 fully saturated rings. The summed E-state index contributed by atoms with van der Waals surface area (Å²) in [4.78, 5) is 31.3. The second-order valence-electron chi connectivity index (χ2n) is 7.44. The van der Waals surface area contributed by atoms with Crippen molar-refractivity contribution in [2.24, 2.45) is 0 Å². The van der Waals surface area contributed by atoms with Gasteiger partial charge in [0.05, 0.1) is 30.9 Å². The minimum absolute atomic E-state index is 0.117. The van der Waals surface area contributed by atoms with Crippen LogP contribution < -0.4 is 5.56 Å². The number of ether oxygens (including phenoxy) is 1. The molecule has 6 nitrogen and oxygen atoms in total. The average molecular weight is 376 g/mol. The number of rotatable bonds is 2. The lowest BCUT2D eigenvalue weighted by Gasteiger charge is -2.23. The largest absolute Gasteiger partial charge is 0.444 e. The molecule has 3 rings (SSSR count). The molecule has 0 atom stereocenters. The molecule has 1 aliphatic heterocycles. The molecule has 0 saturated heterocycles. The Kier molecular flexibility index (Phi) is 4.80. The van der Waals surface area contributed by atoms with E-state index in [1.807, 2.05) is 32.9 Å². The highest BCUT2D eigenvalue weighted by molar-refractivity contribution is 6.30. The minimum Gasteiger partial charge on any atom is -0.444 e. The lowest BCUT2D eigenvalue weighted by atomic mass is 10.2. The van der Waals surface area contributed by atoms with Crippen LogP contribution in [-0.2, 0) is 24.4 Å². The summed E-state index contributed by atoms with van der Waals surface area (Å²) in [6.07, 6.45) is -0.434. The number of aryl methyl sites for hydroxylation is 1. The van der Waals surface area contributed by atoms with Gasteiger partial charge in [-0.3, -0.25) is 14.3 Å². The Morgan fingerprint density at radius 1 is 1.23 bits per heavy atom. The van der Waals surface area contributed by atoms with Crippen LogP contribution in [-0.4, -0.2) is 26.1 Å². The van der Waals surface area contributed by atoms with E-state index in [2.05, 4.69) is 4.98 Å². The van der Waals surface area contributed by atoms with Crippen molar-refractivity contribution < 1.29 is 9.53 Å². The van der Waals surface area contributed by atoms with Gasteiger partial charge in [-0.1, -0.05) is 23.7 Å². The second-order valence-corrected chi connectivity index (χ2v) is 7.87. The third-order valence-corrected chi connectivity index (χ3v) is 4.39. The zero-order chi connectivity index (χ0) is 19.1. The number of halogens is 1. The number of hydrogen-bond acceptors (Lipinski definition) is 4. The van der Waals surface area contributed by atoms with E-state index < -0.39 is 11.7 Å². The fraction of sp³-hybridized carbons (Fsp3) is 0.421. The van der Waals surface area contributed by atoms with Gasteiger partial charge in [0.15, 0.2) is 0 Å². The van der Waals surface area contributed by atoms with Gasteiger partial charge < -0.3 is 4.74 Å². The molecule has 138 valence electrons. The molecular formula is C19H22ClN3O3. The monoisotopic (exact) mass is 375 g/mol. The molecule has 1 aliphatic rings. The molecule has 0 aliphatic carbocycles. The van der Waals surface area contributed by atoms with E-state index >= 15 is 0 Å². The smallest absolute Gasteiger partial charge is 0.410 e. The van der Waals surface area contributed by atoms with Gasteiger partial charge >= 0.3 is 6.09 Å². The highest BCUT2D eigenvalue weighted by Crippen LogP contribution is 2.21. The third-order valence-electron chi connectivity index (χ3n) is 4.13. The third kappa shape index (κ3) is 3.90. The highest BCUT2D eigenvalue weighted by Gasteiger charge is 2.31. The van der Waals surface area contributed by atoms with Crippen LogP contribution in [0.2, 0.25) is 5.02 Å². The summed E-state index contributed by atoms with van der Waals surface area (Å²) in [6, 6.07) is 7.35. The zero-order valence-electron chi connectivity index (χ0n) is 15.4. The number of benzene rings is 1. The SMILES string of the molecule is Cc1nc2c(c(=O)n1Cc1ccc(Cl)cc1)CN(C(=O)OC(C)(C)C)C2. The van der Waals surface area contributed by atoms with Crippen molar-refractivity contribution in [1.29, 1.82) is 0 Å². The summed E-state index contributed by atoms with van der Waals surface area (Å²) in [6.45, 7) is 8.17. The number of hydrogen-bond donors (Lipinski definition) is 0. The first kappa shape index (κ1) is 18.5. The molecule has 0 unspecified atom stereocenters. The van der Waals surface area contributed by atoms with Crippen LogP contribution in [0.25, 0.3) is 0 Å². The van der Waals surface area contributed by atoms with Crippen LogP contribution in [0.4, 0.5) is 4.79 Å². The maximum Gasteiger partial charge on any atom is 0.410 e. The van der Waals surface area contributed by atoms with Crippen LogP contribution in [0, 0.1) is 6.92 Å². The Balaban J connectivity index is 1.86. The maximum atomic E-state index is 12.9. The summed E-state index contributed by atoms with van der Waals surface area (Å²) < 4.78 is 7.02. The van der Waals surface area contributed by atoms with E-state index in [1.54, 1.807) is 23.6 Å². The summed E-state index contributed by atoms with van der Waals surface area (Å²) in [5.41, 5.74) is 1.46. The molecular weight excluding hydrogens is 354 g/mol. The van der Waals surface area contributed by atoms with Gasteiger partial charge in [0, 0.05) is 5.02 Å². The van der Waals surface area contributed by atoms with Crippen molar-refractivity contribution in [3.8, 4) is 0 Å². The Morgan fingerprint density at radius 2 is 1.88 bits per heavy atom. The van der Waals surface area contributed by atoms with Crippen molar-refractivity contribution in [1.82, 2.24) is 14.5 Å². The second kappa shape index (κ2) is 6.76. The molecule has 0 bridgehead atoms. The van der Waals surface area contributed by atoms with Crippen molar-refractivity contribution in [2.45, 2.75) is 52.9 Å². The molecule has 1 aromatic heterocycles. The van der Waals surface area contributed by atoms with E-state index in [4.69, 9.17) is 16.3 Å². The van der Waals surface area contributed by atoms with Gasteiger partial charge in [0.2, 0.25) is 0 Å². The molecule has 0 N–H and O–H groups in total. The quantitative estimate of drug-likeness (QED) is 0.805. The summed E-state index contributed by atoms with van der Waals surface area (Å²) in [5.74, 6) is 0.620. The zero-order valence-corrected chi connectivity index (χ0v) is 16.1. The van der Waals surface area contributed by atoms with E-state index in [-0.39, 0.29) is 12.1 Å². The number of fused-ring (bicyclic) bond motifs is 1. The molecule has 0 radical (unpaired) electrons. The van der Waals surface area contributed by atoms with E-state index in [0.717, 1.165) is 5.56 Å². The van der Waals surface area contributed by atoms with Crippen molar-refractivity contribution in [3.05, 3.63) is 62.3 Å². The van der Waals surface area contributed by atoms with Crippen LogP contribution in [0.5, 0.6) is 0 Å². The molecule has 0 spiro atoms. The predicted molar refractivity (Wildman–Crippen MR) is 99.3 cm³/mol. The van der Waals surface area contributed by atoms with E-state index in [9.17, 15) is 9.59 Å². The lowest BCUT2D eigenvalue weighted by Crippen LogP contribution is -2.34. The van der Waals surface area contributed by atoms with Gasteiger partial charge in [-0.15, -0.1) is 0 Å². The van der Waals surface area contributed by atoms with Gasteiger partial charge in [-0.05, 0) is 45.4 Å². The minimum atomic E-state index is -0.579. The standard InChI is InChI=1S/C19H22ClN3O3/c1-12-21-16-11-22(18(25)26-19(2,3)4)10-15(16)17(24)23(12)9-13-5-7-14(20)8-6-13/h5-8H,9-11H2,1-4H3. The van der Waals surface area contributed by atoms with Gasteiger partial charge in [0.25, 0.3) is 5.56 Å². The van der Waals surface area contributed by atoms with Crippen LogP contribution in [0.15, 0.2) is 29.1 Å². The molecule has 2 heterocycles. The Labute approximate surface area is 157 Å². The van der Waals surface area contributed by atoms with E-state index in [0.29, 0.717) is 35.2 Å². The molecule has 0 saturated carbocycles. The topological polar surface area (TPSA) is 64.4 Å². The van der Waals surface area contributed by atoms with Crippen LogP contribution >= 0.6 is 11.6 Å². The number of nitrogens with zero attached hydrogens (tertiary/aromatic N) is 3. The summed E-state index contributed by atoms with van der Waals surface area (Å²) in [5, 5.41) is 0.651. The first-order valence-corrected chi connectivity index (χ1v) is 8.83. The average Bonchev–Trinajstić information content (AvgIpc) is 2.96. The molecule has 1 aromatic carbocycles. The van der Waals surface area contributed by atoms with Crippen molar-refractivity contribution in [2.75, 3.05) is 0 Å². The van der Waals surface area contributed by atoms with Crippen molar-refractivity contribution >= 4 is 17.7 Å². The lowest BCUT2D eigenvalue weighted by molar-refractivity contribution is 0.0240. The Morgan fingerprint density at radius 3 is 2.50 bits per heavy atom. The molecule has 26 heavy (non-hydrogen) atoms. The van der Waals surface area contributed by atoms with Gasteiger partial charge in [-0.2, -0.15) is 0 Å². The Hall–Kier alpha value is -2.34. The first-order valence-electron chi connectivity index (χ1n) is 8.45. The fourth-order valence-electron chi connectivity index (χ4n) is 2.89. The first-order chi connectivity index (χ1) is 12.1. The fourth-order valence-corrected chi connectivity index (χ4v) is 3.01. The summed E-state index contributed by atoms with van der Waals surface area (Å²) >= 11 is 5.92. The van der Waals surface area contributed by atoms with Crippen molar-refractivity contribution in [3.63, 3.8) is 0 Å². The van der Waals surface area contributed by atoms with Crippen LogP contribution in [0.1, 0.15) is 43.4 Å². The van der Waals surface area contributed by atoms with Gasteiger partial charge in [0.1, 0.15) is 11.4 Å². The number of carbonyl (C=O) groups is 1. The number of carbonyl (C=O) groups excluding carboxylic acids is 1. The normalized spacial score (nSPS) is 13.7. The number of aromatic nitrogens is 2. The highest BCUT2D eigenvalue weighted by atomic mass is 35.5. The predicted octanol–water partition coefficient (Wildman–Crippen LogP) is 3.50.